The average Bonchev–Trinajstić information content (AvgIpc) is 2.01. The Morgan fingerprint density at radius 2 is 2.14 bits per heavy atom. The fourth-order valence-electron chi connectivity index (χ4n) is 1.06. The smallest absolute Gasteiger partial charge is 0.254 e. The number of nitrogen functional groups attached to an aromatic ring is 1. The van der Waals surface area contributed by atoms with Crippen LogP contribution in [0.25, 0.3) is 0 Å². The Morgan fingerprint density at radius 1 is 1.50 bits per heavy atom. The van der Waals surface area contributed by atoms with E-state index in [-0.39, 0.29) is 11.6 Å². The van der Waals surface area contributed by atoms with Crippen molar-refractivity contribution in [2.24, 2.45) is 0 Å². The average molecular weight is 196 g/mol. The van der Waals surface area contributed by atoms with E-state index in [9.17, 15) is 9.18 Å². The summed E-state index contributed by atoms with van der Waals surface area (Å²) in [4.78, 5) is 11.4. The van der Waals surface area contributed by atoms with Crippen molar-refractivity contribution in [2.45, 2.75) is 19.9 Å². The number of carbonyl (C=O) groups is 1. The summed E-state index contributed by atoms with van der Waals surface area (Å²) in [6.07, 6.45) is 0. The topological polar surface area (TPSA) is 55.1 Å². The van der Waals surface area contributed by atoms with E-state index in [1.807, 2.05) is 13.8 Å². The third kappa shape index (κ3) is 2.45. The molecule has 1 amide bonds. The molecule has 3 N–H and O–H groups in total. The summed E-state index contributed by atoms with van der Waals surface area (Å²) >= 11 is 0. The number of hydrogen-bond donors (Lipinski definition) is 2. The maximum absolute atomic E-state index is 13.2. The van der Waals surface area contributed by atoms with Crippen molar-refractivity contribution in [3.05, 3.63) is 29.6 Å². The normalized spacial score (nSPS) is 10.3. The van der Waals surface area contributed by atoms with Crippen LogP contribution in [0.3, 0.4) is 0 Å². The Kier molecular flexibility index (Phi) is 3.06. The van der Waals surface area contributed by atoms with Gasteiger partial charge in [0.1, 0.15) is 5.82 Å². The zero-order chi connectivity index (χ0) is 10.7. The second-order valence-electron chi connectivity index (χ2n) is 3.37. The maximum atomic E-state index is 13.2. The van der Waals surface area contributed by atoms with Crippen LogP contribution in [0.2, 0.25) is 0 Å². The Morgan fingerprint density at radius 3 is 2.64 bits per heavy atom. The van der Waals surface area contributed by atoms with Crippen molar-refractivity contribution < 1.29 is 9.18 Å². The van der Waals surface area contributed by atoms with E-state index in [0.717, 1.165) is 6.07 Å². The van der Waals surface area contributed by atoms with Crippen molar-refractivity contribution in [3.63, 3.8) is 0 Å². The number of benzene rings is 1. The summed E-state index contributed by atoms with van der Waals surface area (Å²) in [6.45, 7) is 3.63. The molecule has 0 saturated heterocycles. The molecule has 4 heteroatoms. The molecule has 0 heterocycles. The largest absolute Gasteiger partial charge is 0.399 e. The molecule has 0 fully saturated rings. The highest BCUT2D eigenvalue weighted by Crippen LogP contribution is 2.11. The number of carbonyl (C=O) groups excluding carboxylic acids is 1. The lowest BCUT2D eigenvalue weighted by molar-refractivity contribution is 0.0939. The second-order valence-corrected chi connectivity index (χ2v) is 3.37. The zero-order valence-corrected chi connectivity index (χ0v) is 8.17. The van der Waals surface area contributed by atoms with Crippen molar-refractivity contribution >= 4 is 11.6 Å². The van der Waals surface area contributed by atoms with Crippen LogP contribution in [-0.2, 0) is 0 Å². The third-order valence-corrected chi connectivity index (χ3v) is 1.66. The minimum Gasteiger partial charge on any atom is -0.399 e. The lowest BCUT2D eigenvalue weighted by Gasteiger charge is -2.08. The zero-order valence-electron chi connectivity index (χ0n) is 8.17. The van der Waals surface area contributed by atoms with Gasteiger partial charge in [0.05, 0.1) is 5.56 Å². The molecule has 0 unspecified atom stereocenters. The van der Waals surface area contributed by atoms with Crippen LogP contribution in [0, 0.1) is 5.82 Å². The van der Waals surface area contributed by atoms with Gasteiger partial charge in [-0.2, -0.15) is 0 Å². The molecule has 0 saturated carbocycles. The Hall–Kier alpha value is -1.58. The molecule has 1 aromatic carbocycles. The van der Waals surface area contributed by atoms with E-state index < -0.39 is 11.7 Å². The van der Waals surface area contributed by atoms with Gasteiger partial charge < -0.3 is 11.1 Å². The molecule has 0 bridgehead atoms. The van der Waals surface area contributed by atoms with Crippen LogP contribution < -0.4 is 11.1 Å². The van der Waals surface area contributed by atoms with Crippen LogP contribution in [0.5, 0.6) is 0 Å². The molecule has 0 aliphatic carbocycles. The van der Waals surface area contributed by atoms with Crippen LogP contribution in [-0.4, -0.2) is 11.9 Å². The number of nitrogens with two attached hydrogens (primary N) is 1. The predicted molar refractivity (Wildman–Crippen MR) is 53.4 cm³/mol. The van der Waals surface area contributed by atoms with E-state index in [1.165, 1.54) is 12.1 Å². The van der Waals surface area contributed by atoms with Crippen LogP contribution in [0.1, 0.15) is 24.2 Å². The molecule has 0 spiro atoms. The molecule has 1 rings (SSSR count). The number of nitrogens with one attached hydrogen (secondary N) is 1. The number of hydrogen-bond acceptors (Lipinski definition) is 2. The van der Waals surface area contributed by atoms with Gasteiger partial charge in [-0.25, -0.2) is 4.39 Å². The Bertz CT molecular complexity index is 350. The highest BCUT2D eigenvalue weighted by atomic mass is 19.1. The molecule has 0 aromatic heterocycles. The number of rotatable bonds is 2. The number of halogens is 1. The summed E-state index contributed by atoms with van der Waals surface area (Å²) in [5.41, 5.74) is 5.69. The minimum absolute atomic E-state index is 0.0144. The van der Waals surface area contributed by atoms with Crippen LogP contribution in [0.4, 0.5) is 10.1 Å². The lowest BCUT2D eigenvalue weighted by Crippen LogP contribution is -2.30. The predicted octanol–water partition coefficient (Wildman–Crippen LogP) is 1.55. The first-order chi connectivity index (χ1) is 6.50. The lowest BCUT2D eigenvalue weighted by atomic mass is 10.1. The summed E-state index contributed by atoms with van der Waals surface area (Å²) in [6, 6.07) is 4.00. The SMILES string of the molecule is CC(C)NC(=O)c1ccc(N)cc1F. The molecule has 0 atom stereocenters. The number of anilines is 1. The molecule has 76 valence electrons. The minimum atomic E-state index is -0.594. The van der Waals surface area contributed by atoms with E-state index >= 15 is 0 Å². The third-order valence-electron chi connectivity index (χ3n) is 1.66. The summed E-state index contributed by atoms with van der Waals surface area (Å²) in [5.74, 6) is -1.01. The van der Waals surface area contributed by atoms with Gasteiger partial charge in [0.2, 0.25) is 0 Å². The summed E-state index contributed by atoms with van der Waals surface area (Å²) in [5, 5.41) is 2.60. The molecule has 14 heavy (non-hydrogen) atoms. The fraction of sp³-hybridized carbons (Fsp3) is 0.300. The van der Waals surface area contributed by atoms with Crippen molar-refractivity contribution in [1.29, 1.82) is 0 Å². The van der Waals surface area contributed by atoms with Gasteiger partial charge in [0.15, 0.2) is 0 Å². The van der Waals surface area contributed by atoms with Crippen molar-refractivity contribution in [1.82, 2.24) is 5.32 Å². The molecular formula is C10H13FN2O. The van der Waals surface area contributed by atoms with Crippen LogP contribution in [0.15, 0.2) is 18.2 Å². The molecule has 3 nitrogen and oxygen atoms in total. The molecule has 0 aliphatic rings. The molecular weight excluding hydrogens is 183 g/mol. The molecule has 0 radical (unpaired) electrons. The van der Waals surface area contributed by atoms with Crippen molar-refractivity contribution in [3.8, 4) is 0 Å². The van der Waals surface area contributed by atoms with E-state index in [1.54, 1.807) is 0 Å². The molecule has 1 aromatic rings. The summed E-state index contributed by atoms with van der Waals surface area (Å²) in [7, 11) is 0. The van der Waals surface area contributed by atoms with Gasteiger partial charge >= 0.3 is 0 Å². The van der Waals surface area contributed by atoms with Crippen LogP contribution >= 0.6 is 0 Å². The standard InChI is InChI=1S/C10H13FN2O/c1-6(2)13-10(14)8-4-3-7(12)5-9(8)11/h3-6H,12H2,1-2H3,(H,13,14). The second kappa shape index (κ2) is 4.09. The first-order valence-electron chi connectivity index (χ1n) is 4.36. The first-order valence-corrected chi connectivity index (χ1v) is 4.36. The van der Waals surface area contributed by atoms with Gasteiger partial charge in [0.25, 0.3) is 5.91 Å². The highest BCUT2D eigenvalue weighted by molar-refractivity contribution is 5.94. The van der Waals surface area contributed by atoms with E-state index in [0.29, 0.717) is 5.69 Å². The van der Waals surface area contributed by atoms with E-state index in [2.05, 4.69) is 5.32 Å². The van der Waals surface area contributed by atoms with Gasteiger partial charge in [-0.1, -0.05) is 0 Å². The maximum Gasteiger partial charge on any atom is 0.254 e. The summed E-state index contributed by atoms with van der Waals surface area (Å²) < 4.78 is 13.2. The highest BCUT2D eigenvalue weighted by Gasteiger charge is 2.11. The van der Waals surface area contributed by atoms with E-state index in [4.69, 9.17) is 5.73 Å². The van der Waals surface area contributed by atoms with Gasteiger partial charge in [0, 0.05) is 11.7 Å². The fourth-order valence-corrected chi connectivity index (χ4v) is 1.06. The Labute approximate surface area is 82.1 Å². The molecule has 0 aliphatic heterocycles. The quantitative estimate of drug-likeness (QED) is 0.705. The number of amides is 1. The van der Waals surface area contributed by atoms with Crippen molar-refractivity contribution in [2.75, 3.05) is 5.73 Å². The van der Waals surface area contributed by atoms with Gasteiger partial charge in [-0.15, -0.1) is 0 Å². The Balaban J connectivity index is 2.90. The van der Waals surface area contributed by atoms with Gasteiger partial charge in [-0.05, 0) is 32.0 Å². The van der Waals surface area contributed by atoms with Gasteiger partial charge in [-0.3, -0.25) is 4.79 Å². The monoisotopic (exact) mass is 196 g/mol. The first kappa shape index (κ1) is 10.5.